The molecule has 0 aliphatic carbocycles. The monoisotopic (exact) mass is 651 g/mol. The highest BCUT2D eigenvalue weighted by molar-refractivity contribution is 7.86. The highest BCUT2D eigenvalue weighted by Crippen LogP contribution is 2.38. The predicted octanol–water partition coefficient (Wildman–Crippen LogP) is 2.48. The van der Waals surface area contributed by atoms with Crippen LogP contribution in [-0.2, 0) is 25.0 Å². The molecule has 2 N–H and O–H groups in total. The van der Waals surface area contributed by atoms with Gasteiger partial charge in [0.15, 0.2) is 11.5 Å². The molecule has 22 heteroatoms. The van der Waals surface area contributed by atoms with Gasteiger partial charge in [-0.3, -0.25) is 30.4 Å². The van der Waals surface area contributed by atoms with Crippen LogP contribution < -0.4 is 20.2 Å². The summed E-state index contributed by atoms with van der Waals surface area (Å²) in [6.07, 6.45) is 0. The van der Waals surface area contributed by atoms with Crippen molar-refractivity contribution in [1.29, 1.82) is 0 Å². The van der Waals surface area contributed by atoms with E-state index in [4.69, 9.17) is 9.47 Å². The Kier molecular flexibility index (Phi) is 9.85. The van der Waals surface area contributed by atoms with Crippen LogP contribution >= 0.6 is 0 Å². The summed E-state index contributed by atoms with van der Waals surface area (Å²) in [5.41, 5.74) is -0.845. The Morgan fingerprint density at radius 2 is 1.34 bits per heavy atom. The fourth-order valence-corrected chi connectivity index (χ4v) is 4.61. The first-order valence-corrected chi connectivity index (χ1v) is 14.1. The molecule has 232 valence electrons. The van der Waals surface area contributed by atoms with Gasteiger partial charge >= 0.3 is 0 Å². The van der Waals surface area contributed by atoms with E-state index in [9.17, 15) is 51.0 Å². The van der Waals surface area contributed by atoms with Crippen LogP contribution in [0.1, 0.15) is 0 Å². The minimum Gasteiger partial charge on any atom is -0.744 e. The average molecular weight is 652 g/mol. The van der Waals surface area contributed by atoms with Gasteiger partial charge in [0.25, 0.3) is 23.1 Å². The molecule has 20 nitrogen and oxygen atoms in total. The summed E-state index contributed by atoms with van der Waals surface area (Å²) in [4.78, 5) is 30.8. The van der Waals surface area contributed by atoms with Crippen molar-refractivity contribution in [3.05, 3.63) is 74.8 Å². The van der Waals surface area contributed by atoms with Crippen molar-refractivity contribution < 1.29 is 50.1 Å². The van der Waals surface area contributed by atoms with Crippen LogP contribution in [0.15, 0.2) is 79.7 Å². The number of amides is 1. The lowest BCUT2D eigenvalue weighted by Gasteiger charge is -2.13. The zero-order valence-electron chi connectivity index (χ0n) is 22.1. The Balaban J connectivity index is 2.18. The van der Waals surface area contributed by atoms with E-state index >= 15 is 0 Å². The van der Waals surface area contributed by atoms with Crippen LogP contribution in [0.25, 0.3) is 0 Å². The number of ether oxygens (including phenoxy) is 2. The van der Waals surface area contributed by atoms with Gasteiger partial charge in [0.1, 0.15) is 35.7 Å². The number of nitrogens with zero attached hydrogens (tertiary/aromatic N) is 5. The van der Waals surface area contributed by atoms with Gasteiger partial charge in [-0.1, -0.05) is 18.2 Å². The molecular weight excluding hydrogens is 634 g/mol. The first-order chi connectivity index (χ1) is 20.6. The fraction of sp³-hybridized carbons (Fsp3) is 0.0909. The Morgan fingerprint density at radius 3 is 1.84 bits per heavy atom. The van der Waals surface area contributed by atoms with Crippen molar-refractivity contribution in [3.8, 4) is 11.5 Å². The molecule has 0 heterocycles. The van der Waals surface area contributed by atoms with Crippen LogP contribution in [0.5, 0.6) is 11.5 Å². The van der Waals surface area contributed by atoms with Crippen LogP contribution in [-0.4, -0.2) is 61.8 Å². The van der Waals surface area contributed by atoms with E-state index in [0.29, 0.717) is 24.3 Å². The van der Waals surface area contributed by atoms with Crippen molar-refractivity contribution in [2.24, 2.45) is 15.3 Å². The van der Waals surface area contributed by atoms with Gasteiger partial charge in [0.05, 0.1) is 41.9 Å². The third kappa shape index (κ3) is 7.82. The van der Waals surface area contributed by atoms with Crippen LogP contribution in [0.4, 0.5) is 28.4 Å². The number of para-hydroxylation sites is 1. The Labute approximate surface area is 246 Å². The zero-order valence-corrected chi connectivity index (χ0v) is 23.7. The van der Waals surface area contributed by atoms with E-state index in [1.165, 1.54) is 12.1 Å². The Morgan fingerprint density at radius 1 is 0.818 bits per heavy atom. The van der Waals surface area contributed by atoms with Crippen LogP contribution in [0.2, 0.25) is 0 Å². The molecule has 3 aromatic carbocycles. The summed E-state index contributed by atoms with van der Waals surface area (Å²) < 4.78 is 79.9. The molecule has 0 saturated heterocycles. The van der Waals surface area contributed by atoms with E-state index in [1.54, 1.807) is 18.2 Å². The summed E-state index contributed by atoms with van der Waals surface area (Å²) in [6, 6.07) is 9.90. The fourth-order valence-electron chi connectivity index (χ4n) is 3.31. The maximum atomic E-state index is 13.0. The summed E-state index contributed by atoms with van der Waals surface area (Å²) >= 11 is 0. The molecule has 0 atom stereocenters. The summed E-state index contributed by atoms with van der Waals surface area (Å²) in [5.74, 6) is -2.81. The van der Waals surface area contributed by atoms with Crippen molar-refractivity contribution in [2.45, 2.75) is 9.79 Å². The maximum absolute atomic E-state index is 13.0. The molecule has 3 aromatic rings. The first kappa shape index (κ1) is 32.9. The second kappa shape index (κ2) is 13.2. The number of azo groups is 1. The van der Waals surface area contributed by atoms with E-state index in [-0.39, 0.29) is 5.69 Å². The van der Waals surface area contributed by atoms with Crippen LogP contribution in [0.3, 0.4) is 0 Å². The Hall–Kier alpha value is -5.58. The number of amidine groups is 1. The number of nitro benzene ring substituents is 2. The number of nitrogens with one attached hydrogen (secondary N) is 2. The average Bonchev–Trinajstić information content (AvgIpc) is 2.95. The number of carbonyl (C=O) groups is 1. The van der Waals surface area contributed by atoms with Gasteiger partial charge in [-0.2, -0.15) is 0 Å². The third-order valence-corrected chi connectivity index (χ3v) is 6.97. The van der Waals surface area contributed by atoms with E-state index in [2.05, 4.69) is 26.1 Å². The van der Waals surface area contributed by atoms with E-state index < -0.39 is 85.9 Å². The van der Waals surface area contributed by atoms with E-state index in [1.807, 2.05) is 0 Å². The molecule has 0 unspecified atom stereocenters. The van der Waals surface area contributed by atoms with Crippen molar-refractivity contribution in [3.63, 3.8) is 0 Å². The topological polar surface area (TPSA) is 297 Å². The summed E-state index contributed by atoms with van der Waals surface area (Å²) in [7, 11) is -8.72. The molecule has 0 saturated carbocycles. The molecule has 0 spiro atoms. The van der Waals surface area contributed by atoms with Gasteiger partial charge in [-0.15, -0.1) is 15.3 Å². The normalized spacial score (nSPS) is 12.0. The molecule has 44 heavy (non-hydrogen) atoms. The number of methoxy groups -OCH3 is 2. The van der Waals surface area contributed by atoms with Gasteiger partial charge in [-0.25, -0.2) is 16.8 Å². The van der Waals surface area contributed by atoms with Crippen molar-refractivity contribution in [2.75, 3.05) is 25.0 Å². The molecular formula is C22H17N7O13S2-2. The minimum atomic E-state index is -5.41. The predicted molar refractivity (Wildman–Crippen MR) is 146 cm³/mol. The molecule has 0 aliphatic rings. The smallest absolute Gasteiger partial charge is 0.297 e. The summed E-state index contributed by atoms with van der Waals surface area (Å²) in [6.45, 7) is 0. The van der Waals surface area contributed by atoms with Gasteiger partial charge in [-0.05, 0) is 24.3 Å². The number of anilines is 2. The molecule has 3 rings (SSSR count). The standard InChI is InChI=1S/C22H19N7O13S2/c1-41-17-10-15(28(31)32)19(43(35,36)37)8-13(17)24-26-21(22(30)23-12-6-4-3-5-7-12)27-25-14-9-20(44(38,39)40)16(29(33)34)11-18(14)42-2/h3-11,24H,1-2H3,(H,23,30)(H,35,36,37)(H,38,39,40)/p-2/b26-21-,27-25?. The largest absolute Gasteiger partial charge is 0.744 e. The number of hydrogen-bond acceptors (Lipinski definition) is 16. The first-order valence-electron chi connectivity index (χ1n) is 11.3. The van der Waals surface area contributed by atoms with Gasteiger partial charge < -0.3 is 23.9 Å². The molecule has 1 amide bonds. The minimum absolute atomic E-state index is 0.223. The van der Waals surface area contributed by atoms with Gasteiger partial charge in [0.2, 0.25) is 0 Å². The third-order valence-electron chi connectivity index (χ3n) is 5.24. The quantitative estimate of drug-likeness (QED) is 0.0795. The lowest BCUT2D eigenvalue weighted by Crippen LogP contribution is -2.22. The maximum Gasteiger partial charge on any atom is 0.297 e. The molecule has 0 aliphatic heterocycles. The number of hydrazone groups is 1. The number of benzene rings is 3. The van der Waals surface area contributed by atoms with Crippen molar-refractivity contribution >= 4 is 60.4 Å². The number of carbonyl (C=O) groups excluding carboxylic acids is 1. The number of hydrogen-bond donors (Lipinski definition) is 2. The number of rotatable bonds is 10. The van der Waals surface area contributed by atoms with Gasteiger partial charge in [0, 0.05) is 5.69 Å². The van der Waals surface area contributed by atoms with Crippen LogP contribution in [0, 0.1) is 20.2 Å². The number of nitro groups is 2. The highest BCUT2D eigenvalue weighted by Gasteiger charge is 2.25. The lowest BCUT2D eigenvalue weighted by atomic mass is 10.2. The lowest BCUT2D eigenvalue weighted by molar-refractivity contribution is -0.388. The van der Waals surface area contributed by atoms with E-state index in [0.717, 1.165) is 14.2 Å². The second-order valence-electron chi connectivity index (χ2n) is 8.00. The SMILES string of the molecule is COc1cc([N+](=O)[O-])c(S(=O)(=O)[O-])cc1N=N/C(=N\Nc1cc(S(=O)(=O)[O-])c([N+](=O)[O-])cc1OC)C(=O)Nc1ccccc1. The molecule has 0 aromatic heterocycles. The molecule has 0 fully saturated rings. The highest BCUT2D eigenvalue weighted by atomic mass is 32.2. The Bertz CT molecular complexity index is 1910. The summed E-state index contributed by atoms with van der Waals surface area (Å²) in [5, 5.41) is 36.0. The van der Waals surface area contributed by atoms with Crippen molar-refractivity contribution in [1.82, 2.24) is 0 Å². The molecule has 0 radical (unpaired) electrons. The second-order valence-corrected chi connectivity index (χ2v) is 10.7. The molecule has 0 bridgehead atoms. The zero-order chi connectivity index (χ0) is 32.8.